The molecule has 1 aromatic carbocycles. The largest absolute Gasteiger partial charge is 0.334 e. The van der Waals surface area contributed by atoms with Gasteiger partial charge in [0.25, 0.3) is 0 Å². The normalized spacial score (nSPS) is 23.9. The molecule has 1 atom stereocenters. The topological polar surface area (TPSA) is 48.8 Å². The number of pyridine rings is 1. The van der Waals surface area contributed by atoms with Gasteiger partial charge < -0.3 is 4.90 Å². The summed E-state index contributed by atoms with van der Waals surface area (Å²) >= 11 is 0. The van der Waals surface area contributed by atoms with E-state index in [-0.39, 0.29) is 0 Å². The van der Waals surface area contributed by atoms with Crippen molar-refractivity contribution in [3.63, 3.8) is 0 Å². The molecule has 2 aromatic rings. The quantitative estimate of drug-likeness (QED) is 0.770. The molecule has 4 heterocycles. The maximum Gasteiger partial charge on any atom is 0.227 e. The van der Waals surface area contributed by atoms with Crippen LogP contribution >= 0.6 is 0 Å². The average molecular weight is 415 g/mol. The zero-order valence-corrected chi connectivity index (χ0v) is 18.3. The number of rotatable bonds is 3. The van der Waals surface area contributed by atoms with Crippen molar-refractivity contribution >= 4 is 11.6 Å². The zero-order chi connectivity index (χ0) is 20.9. The molecule has 1 aromatic heterocycles. The number of amides is 1. The molecule has 2 fully saturated rings. The van der Waals surface area contributed by atoms with Crippen LogP contribution in [-0.4, -0.2) is 51.6 Å². The summed E-state index contributed by atoms with van der Waals surface area (Å²) in [6.07, 6.45) is 8.79. The lowest BCUT2D eigenvalue weighted by molar-refractivity contribution is -0.136. The molecular weight excluding hydrogens is 384 g/mol. The second-order valence-corrected chi connectivity index (χ2v) is 9.70. The Hall–Kier alpha value is -2.53. The highest BCUT2D eigenvalue weighted by molar-refractivity contribution is 6.15. The van der Waals surface area contributed by atoms with Crippen LogP contribution in [0.1, 0.15) is 65.6 Å². The predicted octanol–water partition coefficient (Wildman–Crippen LogP) is 3.64. The highest BCUT2D eigenvalue weighted by Crippen LogP contribution is 2.33. The van der Waals surface area contributed by atoms with Crippen molar-refractivity contribution in [1.29, 1.82) is 0 Å². The van der Waals surface area contributed by atoms with Crippen LogP contribution in [0.25, 0.3) is 0 Å². The molecule has 0 bridgehead atoms. The fourth-order valence-corrected chi connectivity index (χ4v) is 5.78. The number of aryl methyl sites for hydroxylation is 1. The Morgan fingerprint density at radius 2 is 1.87 bits per heavy atom. The van der Waals surface area contributed by atoms with Crippen molar-refractivity contribution < 1.29 is 4.79 Å². The van der Waals surface area contributed by atoms with Gasteiger partial charge in [-0.2, -0.15) is 0 Å². The molecule has 1 aliphatic carbocycles. The summed E-state index contributed by atoms with van der Waals surface area (Å²) in [5.41, 5.74) is 8.21. The number of hydrogen-bond acceptors (Lipinski definition) is 4. The van der Waals surface area contributed by atoms with Gasteiger partial charge in [-0.05, 0) is 74.0 Å². The third kappa shape index (κ3) is 3.39. The predicted molar refractivity (Wildman–Crippen MR) is 121 cm³/mol. The summed E-state index contributed by atoms with van der Waals surface area (Å²) in [6, 6.07) is 9.85. The first-order valence-corrected chi connectivity index (χ1v) is 11.8. The first-order valence-electron chi connectivity index (χ1n) is 11.8. The fourth-order valence-electron chi connectivity index (χ4n) is 5.78. The van der Waals surface area contributed by atoms with Crippen molar-refractivity contribution in [3.8, 4) is 0 Å². The Kier molecular flexibility index (Phi) is 4.67. The van der Waals surface area contributed by atoms with Crippen LogP contribution < -0.4 is 0 Å². The van der Waals surface area contributed by atoms with Gasteiger partial charge in [0.05, 0.1) is 18.7 Å². The number of aliphatic imine (C=N–C) groups is 1. The SMILES string of the molecule is Cc1cc(C2=NCc3cc4c(cc32)CN([C@@H]2CCCN(C3CCC3)C2)C(=O)C4)ccn1. The molecule has 5 nitrogen and oxygen atoms in total. The molecule has 3 aliphatic heterocycles. The van der Waals surface area contributed by atoms with Gasteiger partial charge >= 0.3 is 0 Å². The monoisotopic (exact) mass is 414 g/mol. The summed E-state index contributed by atoms with van der Waals surface area (Å²) < 4.78 is 0. The Balaban J connectivity index is 1.27. The molecule has 6 rings (SSSR count). The molecule has 0 N–H and O–H groups in total. The summed E-state index contributed by atoms with van der Waals surface area (Å²) in [6.45, 7) is 5.73. The molecule has 0 spiro atoms. The molecule has 1 saturated heterocycles. The van der Waals surface area contributed by atoms with Gasteiger partial charge in [-0.25, -0.2) is 0 Å². The number of piperidine rings is 1. The van der Waals surface area contributed by atoms with Crippen LogP contribution in [0.3, 0.4) is 0 Å². The second-order valence-electron chi connectivity index (χ2n) is 9.70. The minimum atomic E-state index is 0.303. The van der Waals surface area contributed by atoms with E-state index in [2.05, 4.69) is 33.0 Å². The first-order chi connectivity index (χ1) is 15.2. The Morgan fingerprint density at radius 1 is 1.00 bits per heavy atom. The van der Waals surface area contributed by atoms with Gasteiger partial charge in [-0.15, -0.1) is 0 Å². The summed E-state index contributed by atoms with van der Waals surface area (Å²) in [5, 5.41) is 0. The fraction of sp³-hybridized carbons (Fsp3) is 0.500. The molecule has 0 unspecified atom stereocenters. The van der Waals surface area contributed by atoms with Gasteiger partial charge in [0.1, 0.15) is 0 Å². The van der Waals surface area contributed by atoms with Crippen LogP contribution in [0.2, 0.25) is 0 Å². The van der Waals surface area contributed by atoms with Crippen molar-refractivity contribution in [3.05, 3.63) is 64.0 Å². The maximum absolute atomic E-state index is 13.1. The molecule has 1 amide bonds. The van der Waals surface area contributed by atoms with Gasteiger partial charge in [-0.1, -0.05) is 12.5 Å². The molecule has 5 heteroatoms. The van der Waals surface area contributed by atoms with Crippen LogP contribution in [0, 0.1) is 6.92 Å². The number of benzene rings is 1. The number of hydrogen-bond donors (Lipinski definition) is 0. The van der Waals surface area contributed by atoms with E-state index in [1.54, 1.807) is 0 Å². The summed E-state index contributed by atoms with van der Waals surface area (Å²) in [5.74, 6) is 0.303. The van der Waals surface area contributed by atoms with E-state index < -0.39 is 0 Å². The van der Waals surface area contributed by atoms with Crippen molar-refractivity contribution in [2.45, 2.75) is 70.6 Å². The van der Waals surface area contributed by atoms with Crippen LogP contribution in [0.15, 0.2) is 35.5 Å². The number of carbonyl (C=O) groups is 1. The standard InChI is InChI=1S/C26H30N4O/c1-17-10-18(7-8-27-17)26-24-12-21-15-30(25(31)13-19(21)11-20(24)14-28-26)23-6-3-9-29(16-23)22-4-2-5-22/h7-8,10-12,22-23H,2-6,9,13-16H2,1H3/t23-/m1/s1. The van der Waals surface area contributed by atoms with Crippen molar-refractivity contribution in [2.24, 2.45) is 4.99 Å². The molecule has 1 saturated carbocycles. The van der Waals surface area contributed by atoms with Crippen molar-refractivity contribution in [2.75, 3.05) is 13.1 Å². The van der Waals surface area contributed by atoms with Gasteiger partial charge in [-0.3, -0.25) is 19.7 Å². The van der Waals surface area contributed by atoms with E-state index >= 15 is 0 Å². The minimum absolute atomic E-state index is 0.303. The highest BCUT2D eigenvalue weighted by atomic mass is 16.2. The number of aromatic nitrogens is 1. The van der Waals surface area contributed by atoms with Crippen LogP contribution in [0.5, 0.6) is 0 Å². The van der Waals surface area contributed by atoms with E-state index in [0.717, 1.165) is 42.5 Å². The third-order valence-electron chi connectivity index (χ3n) is 7.72. The number of carbonyl (C=O) groups excluding carboxylic acids is 1. The average Bonchev–Trinajstić information content (AvgIpc) is 3.13. The van der Waals surface area contributed by atoms with E-state index in [4.69, 9.17) is 4.99 Å². The Labute approximate surface area is 184 Å². The molecule has 4 aliphatic rings. The lowest BCUT2D eigenvalue weighted by Gasteiger charge is -2.46. The number of nitrogens with zero attached hydrogens (tertiary/aromatic N) is 4. The lowest BCUT2D eigenvalue weighted by atomic mass is 9.87. The van der Waals surface area contributed by atoms with E-state index in [9.17, 15) is 4.79 Å². The van der Waals surface area contributed by atoms with Crippen LogP contribution in [-0.2, 0) is 24.3 Å². The molecule has 160 valence electrons. The molecule has 0 radical (unpaired) electrons. The van der Waals surface area contributed by atoms with Crippen LogP contribution in [0.4, 0.5) is 0 Å². The lowest BCUT2D eigenvalue weighted by Crippen LogP contribution is -2.55. The zero-order valence-electron chi connectivity index (χ0n) is 18.3. The van der Waals surface area contributed by atoms with Crippen molar-refractivity contribution in [1.82, 2.24) is 14.8 Å². The molecule has 31 heavy (non-hydrogen) atoms. The van der Waals surface area contributed by atoms with E-state index in [1.165, 1.54) is 54.5 Å². The smallest absolute Gasteiger partial charge is 0.227 e. The van der Waals surface area contributed by atoms with E-state index in [0.29, 0.717) is 24.9 Å². The van der Waals surface area contributed by atoms with E-state index in [1.807, 2.05) is 19.2 Å². The minimum Gasteiger partial charge on any atom is -0.334 e. The summed E-state index contributed by atoms with van der Waals surface area (Å²) in [4.78, 5) is 27.1. The number of likely N-dealkylation sites (tertiary alicyclic amines) is 1. The third-order valence-corrected chi connectivity index (χ3v) is 7.72. The van der Waals surface area contributed by atoms with Gasteiger partial charge in [0, 0.05) is 48.2 Å². The van der Waals surface area contributed by atoms with Gasteiger partial charge in [0.2, 0.25) is 5.91 Å². The van der Waals surface area contributed by atoms with Gasteiger partial charge in [0.15, 0.2) is 0 Å². The summed E-state index contributed by atoms with van der Waals surface area (Å²) in [7, 11) is 0. The highest BCUT2D eigenvalue weighted by Gasteiger charge is 2.36. The Bertz CT molecular complexity index is 1070. The first kappa shape index (κ1) is 19.2. The number of fused-ring (bicyclic) bond motifs is 2. The molecular formula is C26H30N4O. The second kappa shape index (κ2) is 7.56. The Morgan fingerprint density at radius 3 is 2.68 bits per heavy atom. The maximum atomic E-state index is 13.1.